The Bertz CT molecular complexity index is 928. The molecule has 0 bridgehead atoms. The van der Waals surface area contributed by atoms with Crippen LogP contribution in [0.5, 0.6) is 0 Å². The highest BCUT2D eigenvalue weighted by Gasteiger charge is 2.17. The lowest BCUT2D eigenvalue weighted by atomic mass is 10.1. The number of nitrogens with one attached hydrogen (secondary N) is 1. The van der Waals surface area contributed by atoms with E-state index in [1.54, 1.807) is 0 Å². The summed E-state index contributed by atoms with van der Waals surface area (Å²) in [5, 5.41) is 22.6. The standard InChI is InChI=1S/C16H15FN2O6S/c17-26(24,25)14-5-1-11(2-6-14)7-8-18-16(21)12-3-4-13(10-20)15(9-12)19(22)23/h1-6,9,20H,7-8,10H2,(H,18,21). The van der Waals surface area contributed by atoms with E-state index in [0.717, 1.165) is 18.2 Å². The molecule has 10 heteroatoms. The molecule has 0 spiro atoms. The molecule has 2 rings (SSSR count). The maximum atomic E-state index is 12.8. The number of carbonyl (C=O) groups is 1. The summed E-state index contributed by atoms with van der Waals surface area (Å²) in [7, 11) is -4.75. The van der Waals surface area contributed by atoms with Crippen molar-refractivity contribution in [3.05, 3.63) is 69.3 Å². The van der Waals surface area contributed by atoms with Crippen LogP contribution in [0.15, 0.2) is 47.4 Å². The Morgan fingerprint density at radius 3 is 2.38 bits per heavy atom. The minimum absolute atomic E-state index is 0.0766. The number of benzene rings is 2. The van der Waals surface area contributed by atoms with Gasteiger partial charge in [-0.1, -0.05) is 12.1 Å². The van der Waals surface area contributed by atoms with Gasteiger partial charge in [-0.05, 0) is 36.2 Å². The normalized spacial score (nSPS) is 11.2. The topological polar surface area (TPSA) is 127 Å². The predicted octanol–water partition coefficient (Wildman–Crippen LogP) is 1.72. The highest BCUT2D eigenvalue weighted by Crippen LogP contribution is 2.20. The van der Waals surface area contributed by atoms with Crippen molar-refractivity contribution in [2.75, 3.05) is 6.54 Å². The van der Waals surface area contributed by atoms with E-state index in [-0.39, 0.29) is 23.4 Å². The summed E-state index contributed by atoms with van der Waals surface area (Å²) < 4.78 is 34.3. The fourth-order valence-electron chi connectivity index (χ4n) is 2.25. The van der Waals surface area contributed by atoms with Gasteiger partial charge in [0.1, 0.15) is 0 Å². The SMILES string of the molecule is O=C(NCCc1ccc(S(=O)(=O)F)cc1)c1ccc(CO)c([N+](=O)[O-])c1. The van der Waals surface area contributed by atoms with E-state index in [2.05, 4.69) is 5.32 Å². The van der Waals surface area contributed by atoms with Gasteiger partial charge in [-0.25, -0.2) is 0 Å². The molecular formula is C16H15FN2O6S. The van der Waals surface area contributed by atoms with Crippen LogP contribution < -0.4 is 5.32 Å². The average molecular weight is 382 g/mol. The van der Waals surface area contributed by atoms with Gasteiger partial charge in [0, 0.05) is 18.2 Å². The number of hydrogen-bond donors (Lipinski definition) is 2. The van der Waals surface area contributed by atoms with Gasteiger partial charge in [-0.3, -0.25) is 14.9 Å². The quantitative estimate of drug-likeness (QED) is 0.426. The molecule has 0 aliphatic rings. The van der Waals surface area contributed by atoms with E-state index in [1.807, 2.05) is 0 Å². The van der Waals surface area contributed by atoms with Crippen LogP contribution in [0, 0.1) is 10.1 Å². The number of rotatable bonds is 7. The highest BCUT2D eigenvalue weighted by atomic mass is 32.3. The van der Waals surface area contributed by atoms with Crippen LogP contribution in [0.25, 0.3) is 0 Å². The lowest BCUT2D eigenvalue weighted by Crippen LogP contribution is -2.25. The summed E-state index contributed by atoms with van der Waals surface area (Å²) in [6.45, 7) is -0.321. The number of nitrogens with zero attached hydrogens (tertiary/aromatic N) is 1. The molecule has 0 aromatic heterocycles. The largest absolute Gasteiger partial charge is 0.391 e. The van der Waals surface area contributed by atoms with Gasteiger partial charge < -0.3 is 10.4 Å². The van der Waals surface area contributed by atoms with Gasteiger partial charge in [-0.2, -0.15) is 8.42 Å². The predicted molar refractivity (Wildman–Crippen MR) is 89.8 cm³/mol. The van der Waals surface area contributed by atoms with Crippen molar-refractivity contribution >= 4 is 21.8 Å². The molecule has 0 saturated carbocycles. The zero-order valence-electron chi connectivity index (χ0n) is 13.4. The van der Waals surface area contributed by atoms with E-state index in [4.69, 9.17) is 5.11 Å². The first-order chi connectivity index (χ1) is 12.2. The fourth-order valence-corrected chi connectivity index (χ4v) is 2.71. The zero-order chi connectivity index (χ0) is 19.3. The molecule has 2 aromatic rings. The third-order valence-corrected chi connectivity index (χ3v) is 4.45. The van der Waals surface area contributed by atoms with Crippen LogP contribution in [-0.4, -0.2) is 30.9 Å². The number of halogens is 1. The number of nitro groups is 1. The second-order valence-electron chi connectivity index (χ2n) is 5.35. The van der Waals surface area contributed by atoms with Crippen LogP contribution in [-0.2, 0) is 23.3 Å². The Kier molecular flexibility index (Phi) is 6.01. The molecule has 0 saturated heterocycles. The first-order valence-electron chi connectivity index (χ1n) is 7.42. The Balaban J connectivity index is 1.99. The average Bonchev–Trinajstić information content (AvgIpc) is 2.60. The summed E-state index contributed by atoms with van der Waals surface area (Å²) in [5.41, 5.74) is 0.518. The van der Waals surface area contributed by atoms with Gasteiger partial charge in [0.05, 0.1) is 22.0 Å². The molecular weight excluding hydrogens is 367 g/mol. The van der Waals surface area contributed by atoms with Crippen molar-refractivity contribution in [2.45, 2.75) is 17.9 Å². The zero-order valence-corrected chi connectivity index (χ0v) is 14.2. The summed E-state index contributed by atoms with van der Waals surface area (Å²) in [4.78, 5) is 21.9. The second kappa shape index (κ2) is 8.02. The fraction of sp³-hybridized carbons (Fsp3) is 0.188. The molecule has 0 aliphatic heterocycles. The van der Waals surface area contributed by atoms with Crippen molar-refractivity contribution in [1.29, 1.82) is 0 Å². The second-order valence-corrected chi connectivity index (χ2v) is 6.69. The van der Waals surface area contributed by atoms with E-state index in [0.29, 0.717) is 12.0 Å². The Morgan fingerprint density at radius 2 is 1.85 bits per heavy atom. The summed E-state index contributed by atoms with van der Waals surface area (Å²) >= 11 is 0. The molecule has 0 heterocycles. The van der Waals surface area contributed by atoms with Gasteiger partial charge in [0.2, 0.25) is 0 Å². The number of carbonyl (C=O) groups excluding carboxylic acids is 1. The third-order valence-electron chi connectivity index (χ3n) is 3.62. The molecule has 8 nitrogen and oxygen atoms in total. The van der Waals surface area contributed by atoms with Crippen LogP contribution in [0.4, 0.5) is 9.57 Å². The minimum Gasteiger partial charge on any atom is -0.391 e. The monoisotopic (exact) mass is 382 g/mol. The van der Waals surface area contributed by atoms with E-state index in [1.165, 1.54) is 24.3 Å². The molecule has 26 heavy (non-hydrogen) atoms. The smallest absolute Gasteiger partial charge is 0.332 e. The maximum Gasteiger partial charge on any atom is 0.332 e. The molecule has 0 atom stereocenters. The molecule has 0 radical (unpaired) electrons. The molecule has 2 aromatic carbocycles. The molecule has 138 valence electrons. The summed E-state index contributed by atoms with van der Waals surface area (Å²) in [5.74, 6) is -0.527. The molecule has 0 unspecified atom stereocenters. The van der Waals surface area contributed by atoms with Crippen LogP contribution in [0.3, 0.4) is 0 Å². The number of nitro benzene ring substituents is 1. The molecule has 0 aliphatic carbocycles. The number of aliphatic hydroxyl groups is 1. The maximum absolute atomic E-state index is 12.8. The van der Waals surface area contributed by atoms with Gasteiger partial charge in [0.25, 0.3) is 11.6 Å². The van der Waals surface area contributed by atoms with Crippen molar-refractivity contribution in [3.63, 3.8) is 0 Å². The van der Waals surface area contributed by atoms with Crippen molar-refractivity contribution < 1.29 is 27.1 Å². The third kappa shape index (κ3) is 4.83. The van der Waals surface area contributed by atoms with Crippen LogP contribution in [0.2, 0.25) is 0 Å². The number of hydrogen-bond acceptors (Lipinski definition) is 6. The van der Waals surface area contributed by atoms with Gasteiger partial charge >= 0.3 is 10.2 Å². The first kappa shape index (κ1) is 19.5. The minimum atomic E-state index is -4.75. The van der Waals surface area contributed by atoms with Gasteiger partial charge in [0.15, 0.2) is 0 Å². The Hall–Kier alpha value is -2.85. The van der Waals surface area contributed by atoms with Crippen molar-refractivity contribution in [3.8, 4) is 0 Å². The van der Waals surface area contributed by atoms with E-state index in [9.17, 15) is 27.2 Å². The summed E-state index contributed by atoms with van der Waals surface area (Å²) in [6.07, 6.45) is 0.356. The molecule has 0 fully saturated rings. The van der Waals surface area contributed by atoms with Gasteiger partial charge in [-0.15, -0.1) is 3.89 Å². The van der Waals surface area contributed by atoms with Crippen molar-refractivity contribution in [2.24, 2.45) is 0 Å². The van der Waals surface area contributed by atoms with Crippen LogP contribution in [0.1, 0.15) is 21.5 Å². The highest BCUT2D eigenvalue weighted by molar-refractivity contribution is 7.86. The van der Waals surface area contributed by atoms with E-state index >= 15 is 0 Å². The molecule has 2 N–H and O–H groups in total. The number of aliphatic hydroxyl groups excluding tert-OH is 1. The molecule has 1 amide bonds. The Morgan fingerprint density at radius 1 is 1.19 bits per heavy atom. The summed E-state index contributed by atoms with van der Waals surface area (Å²) in [6, 6.07) is 8.88. The first-order valence-corrected chi connectivity index (χ1v) is 8.80. The van der Waals surface area contributed by atoms with E-state index < -0.39 is 32.6 Å². The van der Waals surface area contributed by atoms with Crippen molar-refractivity contribution in [1.82, 2.24) is 5.32 Å². The number of amides is 1. The lowest BCUT2D eigenvalue weighted by Gasteiger charge is -2.07. The van der Waals surface area contributed by atoms with Crippen LogP contribution >= 0.6 is 0 Å². The Labute approximate surface area is 148 Å². The lowest BCUT2D eigenvalue weighted by molar-refractivity contribution is -0.385.